The largest absolute Gasteiger partial charge is 0.409 e. The minimum atomic E-state index is -0.00410. The van der Waals surface area contributed by atoms with Crippen LogP contribution >= 0.6 is 0 Å². The first-order chi connectivity index (χ1) is 7.69. The van der Waals surface area contributed by atoms with E-state index in [4.69, 9.17) is 10.9 Å². The summed E-state index contributed by atoms with van der Waals surface area (Å²) in [6.07, 6.45) is 5.30. The molecule has 0 aromatic carbocycles. The molecule has 0 aromatic rings. The van der Waals surface area contributed by atoms with Crippen LogP contribution in [-0.2, 0) is 4.79 Å². The van der Waals surface area contributed by atoms with Crippen molar-refractivity contribution < 1.29 is 10.0 Å². The molecule has 1 saturated carbocycles. The molecular formula is C11H21N3O2. The van der Waals surface area contributed by atoms with Gasteiger partial charge in [-0.1, -0.05) is 24.9 Å². The van der Waals surface area contributed by atoms with E-state index in [0.29, 0.717) is 6.42 Å². The number of carbonyl (C=O) groups is 1. The molecule has 0 bridgehead atoms. The number of nitrogens with two attached hydrogens (primary N) is 1. The molecule has 5 heteroatoms. The maximum absolute atomic E-state index is 11.6. The first-order valence-corrected chi connectivity index (χ1v) is 5.95. The van der Waals surface area contributed by atoms with Gasteiger partial charge in [0, 0.05) is 18.4 Å². The Bertz CT molecular complexity index is 266. The lowest BCUT2D eigenvalue weighted by atomic mass is 10.0. The first-order valence-electron chi connectivity index (χ1n) is 5.95. The number of amides is 1. The van der Waals surface area contributed by atoms with Crippen LogP contribution < -0.4 is 11.1 Å². The van der Waals surface area contributed by atoms with Crippen LogP contribution in [0.15, 0.2) is 5.16 Å². The lowest BCUT2D eigenvalue weighted by Gasteiger charge is -2.19. The van der Waals surface area contributed by atoms with E-state index in [-0.39, 0.29) is 23.7 Å². The summed E-state index contributed by atoms with van der Waals surface area (Å²) in [6, 6.07) is 0.0419. The van der Waals surface area contributed by atoms with E-state index >= 15 is 0 Å². The van der Waals surface area contributed by atoms with E-state index < -0.39 is 0 Å². The number of nitrogens with one attached hydrogen (secondary N) is 1. The van der Waals surface area contributed by atoms with Crippen LogP contribution in [0.2, 0.25) is 0 Å². The SMILES string of the molecule is CCCCC(=O)NC1CCCC1C(N)=NO. The Morgan fingerprint density at radius 2 is 2.31 bits per heavy atom. The molecule has 0 spiro atoms. The van der Waals surface area contributed by atoms with Gasteiger partial charge in [-0.25, -0.2) is 0 Å². The number of amidine groups is 1. The van der Waals surface area contributed by atoms with Crippen molar-refractivity contribution in [2.45, 2.75) is 51.5 Å². The number of rotatable bonds is 5. The molecule has 1 amide bonds. The molecule has 0 aromatic heterocycles. The zero-order valence-electron chi connectivity index (χ0n) is 9.78. The number of nitrogens with zero attached hydrogens (tertiary/aromatic N) is 1. The molecule has 0 heterocycles. The zero-order valence-corrected chi connectivity index (χ0v) is 9.78. The van der Waals surface area contributed by atoms with Gasteiger partial charge >= 0.3 is 0 Å². The summed E-state index contributed by atoms with van der Waals surface area (Å²) in [6.45, 7) is 2.06. The van der Waals surface area contributed by atoms with Crippen molar-refractivity contribution in [3.05, 3.63) is 0 Å². The first kappa shape index (κ1) is 12.8. The third-order valence-corrected chi connectivity index (χ3v) is 3.12. The van der Waals surface area contributed by atoms with Crippen LogP contribution in [0.5, 0.6) is 0 Å². The fourth-order valence-corrected chi connectivity index (χ4v) is 2.18. The molecule has 2 unspecified atom stereocenters. The molecule has 5 nitrogen and oxygen atoms in total. The maximum atomic E-state index is 11.6. The van der Waals surface area contributed by atoms with Gasteiger partial charge in [0.15, 0.2) is 0 Å². The van der Waals surface area contributed by atoms with Gasteiger partial charge in [0.2, 0.25) is 5.91 Å². The molecule has 1 rings (SSSR count). The van der Waals surface area contributed by atoms with E-state index in [1.54, 1.807) is 0 Å². The highest BCUT2D eigenvalue weighted by Gasteiger charge is 2.31. The van der Waals surface area contributed by atoms with E-state index in [1.165, 1.54) is 0 Å². The molecule has 0 aliphatic heterocycles. The molecule has 92 valence electrons. The smallest absolute Gasteiger partial charge is 0.220 e. The minimum Gasteiger partial charge on any atom is -0.409 e. The van der Waals surface area contributed by atoms with Crippen molar-refractivity contribution in [3.63, 3.8) is 0 Å². The molecule has 1 aliphatic rings. The minimum absolute atomic E-state index is 0.00410. The lowest BCUT2D eigenvalue weighted by molar-refractivity contribution is -0.122. The van der Waals surface area contributed by atoms with Crippen molar-refractivity contribution in [1.82, 2.24) is 5.32 Å². The van der Waals surface area contributed by atoms with E-state index in [1.807, 2.05) is 0 Å². The fraction of sp³-hybridized carbons (Fsp3) is 0.818. The Morgan fingerprint density at radius 1 is 1.56 bits per heavy atom. The summed E-state index contributed by atoms with van der Waals surface area (Å²) in [5, 5.41) is 14.6. The number of hydrogen-bond acceptors (Lipinski definition) is 3. The molecule has 4 N–H and O–H groups in total. The van der Waals surface area contributed by atoms with Crippen LogP contribution in [0.1, 0.15) is 45.4 Å². The van der Waals surface area contributed by atoms with Gasteiger partial charge in [-0.15, -0.1) is 0 Å². The topological polar surface area (TPSA) is 87.7 Å². The van der Waals surface area contributed by atoms with E-state index in [9.17, 15) is 4.79 Å². The maximum Gasteiger partial charge on any atom is 0.220 e. The molecule has 0 radical (unpaired) electrons. The van der Waals surface area contributed by atoms with Gasteiger partial charge in [-0.3, -0.25) is 4.79 Å². The molecule has 2 atom stereocenters. The van der Waals surface area contributed by atoms with Crippen molar-refractivity contribution in [3.8, 4) is 0 Å². The predicted molar refractivity (Wildman–Crippen MR) is 62.2 cm³/mol. The summed E-state index contributed by atoms with van der Waals surface area (Å²) >= 11 is 0. The number of carbonyl (C=O) groups excluding carboxylic acids is 1. The highest BCUT2D eigenvalue weighted by Crippen LogP contribution is 2.25. The van der Waals surface area contributed by atoms with E-state index in [2.05, 4.69) is 17.4 Å². The van der Waals surface area contributed by atoms with Crippen molar-refractivity contribution in [1.29, 1.82) is 0 Å². The van der Waals surface area contributed by atoms with Gasteiger partial charge in [0.25, 0.3) is 0 Å². The van der Waals surface area contributed by atoms with Crippen LogP contribution in [0.3, 0.4) is 0 Å². The summed E-state index contributed by atoms with van der Waals surface area (Å²) < 4.78 is 0. The van der Waals surface area contributed by atoms with Crippen molar-refractivity contribution in [2.75, 3.05) is 0 Å². The Balaban J connectivity index is 2.43. The third kappa shape index (κ3) is 3.40. The van der Waals surface area contributed by atoms with Crippen molar-refractivity contribution in [2.24, 2.45) is 16.8 Å². The van der Waals surface area contributed by atoms with Crippen molar-refractivity contribution >= 4 is 11.7 Å². The molecule has 1 fully saturated rings. The molecule has 0 saturated heterocycles. The lowest BCUT2D eigenvalue weighted by Crippen LogP contribution is -2.42. The van der Waals surface area contributed by atoms with E-state index in [0.717, 1.165) is 32.1 Å². The highest BCUT2D eigenvalue weighted by atomic mass is 16.4. The Labute approximate surface area is 96.1 Å². The molecule has 16 heavy (non-hydrogen) atoms. The monoisotopic (exact) mass is 227 g/mol. The molecule has 1 aliphatic carbocycles. The van der Waals surface area contributed by atoms with Crippen LogP contribution in [0, 0.1) is 5.92 Å². The molecular weight excluding hydrogens is 206 g/mol. The number of unbranched alkanes of at least 4 members (excludes halogenated alkanes) is 1. The van der Waals surface area contributed by atoms with Crippen LogP contribution in [0.25, 0.3) is 0 Å². The number of oxime groups is 1. The summed E-state index contributed by atoms with van der Waals surface area (Å²) in [5.74, 6) is 0.304. The zero-order chi connectivity index (χ0) is 12.0. The second-order valence-electron chi connectivity index (χ2n) is 4.34. The van der Waals surface area contributed by atoms with Crippen LogP contribution in [0.4, 0.5) is 0 Å². The fourth-order valence-electron chi connectivity index (χ4n) is 2.18. The predicted octanol–water partition coefficient (Wildman–Crippen LogP) is 1.21. The van der Waals surface area contributed by atoms with Crippen LogP contribution in [-0.4, -0.2) is 23.0 Å². The Morgan fingerprint density at radius 3 is 2.94 bits per heavy atom. The van der Waals surface area contributed by atoms with Gasteiger partial charge in [-0.2, -0.15) is 0 Å². The average molecular weight is 227 g/mol. The average Bonchev–Trinajstić information content (AvgIpc) is 2.73. The third-order valence-electron chi connectivity index (χ3n) is 3.12. The summed E-state index contributed by atoms with van der Waals surface area (Å²) in [7, 11) is 0. The van der Waals surface area contributed by atoms with Gasteiger partial charge < -0.3 is 16.3 Å². The normalized spacial score (nSPS) is 25.7. The summed E-state index contributed by atoms with van der Waals surface area (Å²) in [5.41, 5.74) is 5.59. The standard InChI is InChI=1S/C11H21N3O2/c1-2-3-7-10(15)13-9-6-4-5-8(9)11(12)14-16/h8-9,16H,2-7H2,1H3,(H2,12,14)(H,13,15). The van der Waals surface area contributed by atoms with Gasteiger partial charge in [-0.05, 0) is 19.3 Å². The summed E-state index contributed by atoms with van der Waals surface area (Å²) in [4.78, 5) is 11.6. The quantitative estimate of drug-likeness (QED) is 0.285. The Hall–Kier alpha value is -1.26. The second-order valence-corrected chi connectivity index (χ2v) is 4.34. The van der Waals surface area contributed by atoms with Gasteiger partial charge in [0.1, 0.15) is 5.84 Å². The second kappa shape index (κ2) is 6.35. The van der Waals surface area contributed by atoms with Gasteiger partial charge in [0.05, 0.1) is 0 Å². The number of hydrogen-bond donors (Lipinski definition) is 3. The highest BCUT2D eigenvalue weighted by molar-refractivity contribution is 5.84. The Kier molecular flexibility index (Phi) is 5.08.